The first kappa shape index (κ1) is 2780. The van der Waals surface area contributed by atoms with E-state index in [1.165, 1.54) is 0 Å². The third kappa shape index (κ3) is 1490. The molecule has 0 rings (SSSR count). The van der Waals surface area contributed by atoms with Crippen molar-refractivity contribution in [1.29, 1.82) is 0 Å². The SMILES string of the molecule is F.F.F.F.F.F.N.N.N.N.N.N. The van der Waals surface area contributed by atoms with Crippen LogP contribution in [0, 0.1) is 0 Å². The zero-order valence-electron chi connectivity index (χ0n) is 6.69. The average Bonchev–Trinajstić information content (AvgIpc) is 0. The van der Waals surface area contributed by atoms with Crippen LogP contribution in [0.3, 0.4) is 0 Å². The lowest BCUT2D eigenvalue weighted by Crippen LogP contribution is -0.482. The zero-order chi connectivity index (χ0) is 0. The van der Waals surface area contributed by atoms with Gasteiger partial charge in [-0.15, -0.1) is 0 Å². The van der Waals surface area contributed by atoms with Crippen LogP contribution in [0.5, 0.6) is 0 Å². The molecule has 0 fully saturated rings. The van der Waals surface area contributed by atoms with Gasteiger partial charge in [-0.1, -0.05) is 0 Å². The van der Waals surface area contributed by atoms with E-state index >= 15 is 0 Å². The third-order valence-electron chi connectivity index (χ3n) is 0. The summed E-state index contributed by atoms with van der Waals surface area (Å²) in [5, 5.41) is 0. The summed E-state index contributed by atoms with van der Waals surface area (Å²) >= 11 is 0. The van der Waals surface area contributed by atoms with Crippen LogP contribution >= 0.6 is 0 Å². The van der Waals surface area contributed by atoms with Crippen molar-refractivity contribution >= 4 is 0 Å². The fourth-order valence-corrected chi connectivity index (χ4v) is 0. The number of hydrogen-bond acceptors (Lipinski definition) is 6. The first-order valence-corrected chi connectivity index (χ1v) is 0. The Hall–Kier alpha value is -0.660. The number of rotatable bonds is 0. The van der Waals surface area contributed by atoms with Crippen LogP contribution in [-0.4, -0.2) is 0 Å². The second kappa shape index (κ2) is 2070. The van der Waals surface area contributed by atoms with Gasteiger partial charge in [0, 0.05) is 0 Å². The maximum absolute atomic E-state index is 0. The van der Waals surface area contributed by atoms with E-state index in [0.29, 0.717) is 0 Å². The van der Waals surface area contributed by atoms with Gasteiger partial charge >= 0.3 is 0 Å². The largest absolute Gasteiger partial charge is 0.344 e. The summed E-state index contributed by atoms with van der Waals surface area (Å²) in [6.45, 7) is 0. The quantitative estimate of drug-likeness (QED) is 0.336. The molecule has 0 aromatic carbocycles. The van der Waals surface area contributed by atoms with Crippen LogP contribution in [-0.2, 0) is 0 Å². The molecule has 0 amide bonds. The molecule has 12 heteroatoms. The van der Waals surface area contributed by atoms with Gasteiger partial charge in [0.25, 0.3) is 0 Å². The lowest BCUT2D eigenvalue weighted by molar-refractivity contribution is 1.11. The Bertz CT molecular complexity index is 12.0. The maximum atomic E-state index is 0. The Balaban J connectivity index is 0. The Morgan fingerprint density at radius 1 is 0.167 bits per heavy atom. The molecule has 0 heterocycles. The van der Waals surface area contributed by atoms with E-state index in [4.69, 9.17) is 0 Å². The zero-order valence-corrected chi connectivity index (χ0v) is 6.69. The normalized spacial score (nSPS) is 0. The number of hydrogen-bond donors (Lipinski definition) is 6. The fraction of sp³-hybridized carbons (Fsp3) is 0. The predicted octanol–water partition coefficient (Wildman–Crippen LogP) is 1.89. The average molecular weight is 222 g/mol. The van der Waals surface area contributed by atoms with Crippen LogP contribution < -0.4 is 36.9 Å². The van der Waals surface area contributed by atoms with Gasteiger partial charge < -0.3 is 36.9 Å². The molecule has 0 spiro atoms. The molecule has 0 bridgehead atoms. The van der Waals surface area contributed by atoms with Crippen molar-refractivity contribution in [3.8, 4) is 0 Å². The molecule has 0 radical (unpaired) electrons. The molecule has 0 aliphatic heterocycles. The van der Waals surface area contributed by atoms with Crippen LogP contribution in [0.15, 0.2) is 0 Å². The van der Waals surface area contributed by atoms with Gasteiger partial charge in [0.05, 0.1) is 0 Å². The van der Waals surface area contributed by atoms with Crippen LogP contribution in [0.4, 0.5) is 28.2 Å². The van der Waals surface area contributed by atoms with Crippen molar-refractivity contribution < 1.29 is 28.2 Å². The van der Waals surface area contributed by atoms with Crippen molar-refractivity contribution in [2.45, 2.75) is 0 Å². The topological polar surface area (TPSA) is 210 Å². The van der Waals surface area contributed by atoms with Gasteiger partial charge in [-0.3, -0.25) is 28.2 Å². The Morgan fingerprint density at radius 3 is 0.167 bits per heavy atom. The summed E-state index contributed by atoms with van der Waals surface area (Å²) in [7, 11) is 0. The molecule has 0 atom stereocenters. The molecule has 6 nitrogen and oxygen atoms in total. The highest BCUT2D eigenvalue weighted by molar-refractivity contribution is 2.14. The fourth-order valence-electron chi connectivity index (χ4n) is 0. The number of halogens is 6. The van der Waals surface area contributed by atoms with Crippen molar-refractivity contribution in [3.63, 3.8) is 0 Å². The van der Waals surface area contributed by atoms with E-state index in [1.807, 2.05) is 0 Å². The van der Waals surface area contributed by atoms with Gasteiger partial charge in [-0.05, 0) is 0 Å². The predicted molar refractivity (Wildman–Crippen MR) is 45.2 cm³/mol. The molecule has 0 aromatic rings. The highest BCUT2D eigenvalue weighted by Gasteiger charge is -0.263. The molecule has 0 aromatic heterocycles. The summed E-state index contributed by atoms with van der Waals surface area (Å²) in [5.41, 5.74) is 0. The second-order valence-electron chi connectivity index (χ2n) is 0. The molecule has 0 aliphatic rings. The van der Waals surface area contributed by atoms with Gasteiger partial charge in [0.1, 0.15) is 0 Å². The van der Waals surface area contributed by atoms with Crippen molar-refractivity contribution in [1.82, 2.24) is 36.9 Å². The lowest BCUT2D eigenvalue weighted by Gasteiger charge is -0.345. The molecule has 0 saturated carbocycles. The molecule has 12 heavy (non-hydrogen) atoms. The Morgan fingerprint density at radius 2 is 0.167 bits per heavy atom. The van der Waals surface area contributed by atoms with E-state index in [2.05, 4.69) is 0 Å². The third-order valence-corrected chi connectivity index (χ3v) is 0. The van der Waals surface area contributed by atoms with E-state index in [-0.39, 0.29) is 65.1 Å². The summed E-state index contributed by atoms with van der Waals surface area (Å²) in [6, 6.07) is 0. The van der Waals surface area contributed by atoms with E-state index in [1.54, 1.807) is 0 Å². The highest BCUT2D eigenvalue weighted by Crippen LogP contribution is 0.425. The van der Waals surface area contributed by atoms with Crippen LogP contribution in [0.2, 0.25) is 0 Å². The summed E-state index contributed by atoms with van der Waals surface area (Å²) in [5.74, 6) is 0. The summed E-state index contributed by atoms with van der Waals surface area (Å²) in [6.07, 6.45) is 0. The Labute approximate surface area is 66.6 Å². The summed E-state index contributed by atoms with van der Waals surface area (Å²) < 4.78 is 0. The van der Waals surface area contributed by atoms with Crippen LogP contribution in [0.25, 0.3) is 0 Å². The molecule has 96 valence electrons. The van der Waals surface area contributed by atoms with Gasteiger partial charge in [-0.25, -0.2) is 0 Å². The van der Waals surface area contributed by atoms with E-state index in [0.717, 1.165) is 0 Å². The second-order valence-corrected chi connectivity index (χ2v) is 0. The summed E-state index contributed by atoms with van der Waals surface area (Å²) in [4.78, 5) is 0. The molecule has 0 saturated heterocycles. The van der Waals surface area contributed by atoms with Crippen molar-refractivity contribution in [3.05, 3.63) is 0 Å². The monoisotopic (exact) mass is 222 g/mol. The molecule has 0 unspecified atom stereocenters. The first-order chi connectivity index (χ1) is 0. The van der Waals surface area contributed by atoms with Crippen LogP contribution in [0.1, 0.15) is 0 Å². The van der Waals surface area contributed by atoms with E-state index in [9.17, 15) is 0 Å². The minimum Gasteiger partial charge on any atom is -0.344 e. The van der Waals surface area contributed by atoms with Crippen molar-refractivity contribution in [2.75, 3.05) is 0 Å². The van der Waals surface area contributed by atoms with Gasteiger partial charge in [-0.2, -0.15) is 0 Å². The van der Waals surface area contributed by atoms with Gasteiger partial charge in [0.15, 0.2) is 0 Å². The van der Waals surface area contributed by atoms with E-state index < -0.39 is 0 Å². The minimum atomic E-state index is 0. The Kier molecular flexibility index (Phi) is 480000. The van der Waals surface area contributed by atoms with Gasteiger partial charge in [0.2, 0.25) is 0 Å². The maximum Gasteiger partial charge on any atom is -0.269 e. The first-order valence-electron chi connectivity index (χ1n) is 0. The molecular weight excluding hydrogens is 198 g/mol. The van der Waals surface area contributed by atoms with Crippen molar-refractivity contribution in [2.24, 2.45) is 0 Å². The molecule has 0 aliphatic carbocycles. The molecule has 18 N–H and O–H groups in total. The highest BCUT2D eigenvalue weighted by atomic mass is 19.0. The smallest absolute Gasteiger partial charge is 0.269 e. The minimum absolute atomic E-state index is 0. The molecular formula is H24F6N6. The standard InChI is InChI=1S/6FH.6H3N/h6*1H;6*1H3. The lowest BCUT2D eigenvalue weighted by atomic mass is 14.0.